The topological polar surface area (TPSA) is 98.3 Å². The molecule has 3 aliphatic rings. The van der Waals surface area contributed by atoms with Gasteiger partial charge in [-0.05, 0) is 18.9 Å². The monoisotopic (exact) mass is 302 g/mol. The number of benzene rings is 1. The molecule has 4 heterocycles. The van der Waals surface area contributed by atoms with E-state index in [4.69, 9.17) is 9.90 Å². The van der Waals surface area contributed by atoms with E-state index in [-0.39, 0.29) is 12.4 Å². The highest BCUT2D eigenvalue weighted by Gasteiger charge is 2.37. The van der Waals surface area contributed by atoms with Crippen LogP contribution in [0.2, 0.25) is 0 Å². The molecular weight excluding hydrogens is 284 g/mol. The number of piperazine rings is 1. The Morgan fingerprint density at radius 1 is 1.36 bits per heavy atom. The van der Waals surface area contributed by atoms with E-state index in [1.54, 1.807) is 0 Å². The molecule has 1 amide bonds. The van der Waals surface area contributed by atoms with Gasteiger partial charge in [0.15, 0.2) is 5.69 Å². The van der Waals surface area contributed by atoms with Crippen LogP contribution in [-0.4, -0.2) is 57.8 Å². The van der Waals surface area contributed by atoms with Crippen LogP contribution in [-0.2, 0) is 4.79 Å². The zero-order chi connectivity index (χ0) is 15.5. The van der Waals surface area contributed by atoms with Crippen molar-refractivity contribution in [3.8, 4) is 0 Å². The van der Waals surface area contributed by atoms with Gasteiger partial charge in [-0.1, -0.05) is 18.2 Å². The minimum absolute atomic E-state index is 0.0636. The predicted octanol–water partition coefficient (Wildman–Crippen LogP) is 0.840. The Bertz CT molecular complexity index is 676. The summed E-state index contributed by atoms with van der Waals surface area (Å²) in [5.41, 5.74) is 1.48. The third-order valence-electron chi connectivity index (χ3n) is 4.28. The molecular formula is C15H18N4O3. The number of nitrogens with one attached hydrogen (secondary N) is 2. The Balaban J connectivity index is 0.000000446. The van der Waals surface area contributed by atoms with Gasteiger partial charge < -0.3 is 15.3 Å². The number of fused-ring (bicyclic) bond motifs is 4. The first-order valence-corrected chi connectivity index (χ1v) is 7.30. The van der Waals surface area contributed by atoms with Crippen molar-refractivity contribution in [3.05, 3.63) is 30.0 Å². The number of amides is 1. The number of carbonyl (C=O) groups excluding carboxylic acids is 1. The van der Waals surface area contributed by atoms with Crippen molar-refractivity contribution < 1.29 is 14.7 Å². The number of carboxylic acid groups (broad SMARTS) is 1. The summed E-state index contributed by atoms with van der Waals surface area (Å²) >= 11 is 0. The van der Waals surface area contributed by atoms with E-state index >= 15 is 0 Å². The molecule has 2 atom stereocenters. The van der Waals surface area contributed by atoms with Crippen molar-refractivity contribution in [3.63, 3.8) is 0 Å². The maximum atomic E-state index is 12.7. The van der Waals surface area contributed by atoms with E-state index in [0.29, 0.717) is 17.8 Å². The molecule has 22 heavy (non-hydrogen) atoms. The minimum Gasteiger partial charge on any atom is -0.483 e. The van der Waals surface area contributed by atoms with Crippen LogP contribution in [0.3, 0.4) is 0 Å². The third-order valence-corrected chi connectivity index (χ3v) is 4.28. The normalized spacial score (nSPS) is 23.0. The highest BCUT2D eigenvalue weighted by molar-refractivity contribution is 6.04. The van der Waals surface area contributed by atoms with Crippen LogP contribution in [0.15, 0.2) is 24.3 Å². The van der Waals surface area contributed by atoms with Gasteiger partial charge in [0.2, 0.25) is 0 Å². The molecule has 116 valence electrons. The lowest BCUT2D eigenvalue weighted by Crippen LogP contribution is -2.62. The van der Waals surface area contributed by atoms with E-state index in [1.165, 1.54) is 6.42 Å². The van der Waals surface area contributed by atoms with Crippen LogP contribution in [0.4, 0.5) is 0 Å². The van der Waals surface area contributed by atoms with Crippen molar-refractivity contribution in [1.82, 2.24) is 20.4 Å². The largest absolute Gasteiger partial charge is 0.483 e. The summed E-state index contributed by atoms with van der Waals surface area (Å²) in [7, 11) is 0. The lowest BCUT2D eigenvalue weighted by molar-refractivity contribution is -0.122. The Morgan fingerprint density at radius 3 is 2.77 bits per heavy atom. The molecule has 7 heteroatoms. The molecule has 0 radical (unpaired) electrons. The van der Waals surface area contributed by atoms with Crippen LogP contribution in [0.5, 0.6) is 0 Å². The van der Waals surface area contributed by atoms with E-state index in [0.717, 1.165) is 30.4 Å². The fourth-order valence-electron chi connectivity index (χ4n) is 3.22. The van der Waals surface area contributed by atoms with Crippen LogP contribution in [0.1, 0.15) is 23.3 Å². The van der Waals surface area contributed by atoms with Gasteiger partial charge in [0, 0.05) is 30.6 Å². The zero-order valence-electron chi connectivity index (χ0n) is 12.0. The molecule has 3 fully saturated rings. The molecule has 0 spiro atoms. The summed E-state index contributed by atoms with van der Waals surface area (Å²) in [5.74, 6) is 0.0636. The van der Waals surface area contributed by atoms with Gasteiger partial charge in [0.25, 0.3) is 12.4 Å². The van der Waals surface area contributed by atoms with Crippen molar-refractivity contribution in [1.29, 1.82) is 0 Å². The average Bonchev–Trinajstić information content (AvgIpc) is 3.00. The molecule has 1 aromatic carbocycles. The van der Waals surface area contributed by atoms with Gasteiger partial charge in [-0.3, -0.25) is 14.7 Å². The van der Waals surface area contributed by atoms with E-state index in [1.807, 2.05) is 29.2 Å². The lowest BCUT2D eigenvalue weighted by Gasteiger charge is -2.45. The van der Waals surface area contributed by atoms with Gasteiger partial charge >= 0.3 is 0 Å². The smallest absolute Gasteiger partial charge is 0.290 e. The molecule has 3 N–H and O–H groups in total. The lowest BCUT2D eigenvalue weighted by atomic mass is 9.92. The summed E-state index contributed by atoms with van der Waals surface area (Å²) in [5, 5.41) is 18.4. The second-order valence-corrected chi connectivity index (χ2v) is 5.52. The molecule has 1 aromatic heterocycles. The minimum atomic E-state index is -0.250. The SMILES string of the molecule is O=C(c1n[nH]c2ccccc12)N1CC2CCC1CN2.O=CO. The van der Waals surface area contributed by atoms with Crippen molar-refractivity contribution in [2.75, 3.05) is 13.1 Å². The number of rotatable bonds is 1. The van der Waals surface area contributed by atoms with E-state index in [9.17, 15) is 4.79 Å². The van der Waals surface area contributed by atoms with Crippen LogP contribution in [0, 0.1) is 0 Å². The first kappa shape index (κ1) is 14.5. The molecule has 2 aromatic rings. The van der Waals surface area contributed by atoms with Crippen LogP contribution in [0.25, 0.3) is 10.9 Å². The fourth-order valence-corrected chi connectivity index (χ4v) is 3.22. The molecule has 7 nitrogen and oxygen atoms in total. The number of piperidine rings is 2. The van der Waals surface area contributed by atoms with Gasteiger partial charge in [-0.15, -0.1) is 0 Å². The van der Waals surface area contributed by atoms with Crippen molar-refractivity contribution >= 4 is 23.3 Å². The number of para-hydroxylation sites is 1. The number of nitrogens with zero attached hydrogens (tertiary/aromatic N) is 2. The number of carbonyl (C=O) groups is 2. The quantitative estimate of drug-likeness (QED) is 0.678. The third kappa shape index (κ3) is 2.55. The first-order valence-electron chi connectivity index (χ1n) is 7.30. The zero-order valence-corrected chi connectivity index (χ0v) is 12.0. The molecule has 5 rings (SSSR count). The number of H-pyrrole nitrogens is 1. The number of hydrogen-bond donors (Lipinski definition) is 3. The van der Waals surface area contributed by atoms with E-state index < -0.39 is 0 Å². The number of hydrogen-bond acceptors (Lipinski definition) is 4. The van der Waals surface area contributed by atoms with Gasteiger partial charge in [0.05, 0.1) is 5.52 Å². The molecule has 3 aliphatic heterocycles. The first-order chi connectivity index (χ1) is 10.7. The van der Waals surface area contributed by atoms with E-state index in [2.05, 4.69) is 15.5 Å². The Morgan fingerprint density at radius 2 is 2.14 bits per heavy atom. The number of aromatic nitrogens is 2. The maximum Gasteiger partial charge on any atom is 0.290 e. The summed E-state index contributed by atoms with van der Waals surface area (Å²) in [6.45, 7) is 1.48. The van der Waals surface area contributed by atoms with Crippen LogP contribution >= 0.6 is 0 Å². The Labute approximate surface area is 127 Å². The second kappa shape index (κ2) is 6.15. The van der Waals surface area contributed by atoms with Crippen molar-refractivity contribution in [2.45, 2.75) is 24.9 Å². The average molecular weight is 302 g/mol. The van der Waals surface area contributed by atoms with Gasteiger partial charge in [-0.2, -0.15) is 5.10 Å². The molecule has 2 unspecified atom stereocenters. The Hall–Kier alpha value is -2.41. The molecule has 0 aliphatic carbocycles. The van der Waals surface area contributed by atoms with Crippen molar-refractivity contribution in [2.24, 2.45) is 0 Å². The maximum absolute atomic E-state index is 12.7. The van der Waals surface area contributed by atoms with Crippen LogP contribution < -0.4 is 5.32 Å². The van der Waals surface area contributed by atoms with Gasteiger partial charge in [-0.25, -0.2) is 0 Å². The van der Waals surface area contributed by atoms with Gasteiger partial charge in [0.1, 0.15) is 0 Å². The standard InChI is InChI=1S/C14H16N4O.CH2O2/c19-14(18-8-9-5-6-10(18)7-15-9)13-11-3-1-2-4-12(11)16-17-13;2-1-3/h1-4,9-10,15H,5-8H2,(H,16,17);1H,(H,2,3). The summed E-state index contributed by atoms with van der Waals surface area (Å²) in [6, 6.07) is 8.57. The predicted molar refractivity (Wildman–Crippen MR) is 80.6 cm³/mol. The highest BCUT2D eigenvalue weighted by Crippen LogP contribution is 2.25. The summed E-state index contributed by atoms with van der Waals surface area (Å²) in [6.07, 6.45) is 2.28. The summed E-state index contributed by atoms with van der Waals surface area (Å²) < 4.78 is 0. The number of aromatic amines is 1. The highest BCUT2D eigenvalue weighted by atomic mass is 16.3. The molecule has 2 bridgehead atoms. The second-order valence-electron chi connectivity index (χ2n) is 5.52. The molecule has 3 saturated heterocycles. The Kier molecular flexibility index (Phi) is 4.06. The molecule has 0 saturated carbocycles. The summed E-state index contributed by atoms with van der Waals surface area (Å²) in [4.78, 5) is 23.0. The fraction of sp³-hybridized carbons (Fsp3) is 0.400.